The topological polar surface area (TPSA) is 64.0 Å². The van der Waals surface area contributed by atoms with Crippen LogP contribution in [0, 0.1) is 33.5 Å². The molecule has 0 aliphatic heterocycles. The van der Waals surface area contributed by atoms with Gasteiger partial charge in [-0.15, -0.1) is 0 Å². The van der Waals surface area contributed by atoms with Crippen molar-refractivity contribution < 1.29 is 12.8 Å². The van der Waals surface area contributed by atoms with Crippen molar-refractivity contribution in [2.45, 2.75) is 39.1 Å². The normalized spacial score (nSPS) is 11.6. The first-order valence-corrected chi connectivity index (χ1v) is 10.0. The summed E-state index contributed by atoms with van der Waals surface area (Å²) in [6.45, 7) is 7.62. The fourth-order valence-corrected chi connectivity index (χ4v) is 4.74. The Morgan fingerprint density at radius 2 is 1.70 bits per heavy atom. The number of benzene rings is 2. The molecule has 0 saturated carbocycles. The van der Waals surface area contributed by atoms with Crippen LogP contribution in [-0.2, 0) is 16.6 Å². The standard InChI is InChI=1S/C20H22FN3O2S/c1-13-9-14(2)16(4)20(15(13)3)27(25,26)23-18-10-22-24(12-18)11-17-7-5-6-8-19(17)21/h5-10,12,23H,11H2,1-4H3. The highest BCUT2D eigenvalue weighted by Crippen LogP contribution is 2.27. The SMILES string of the molecule is Cc1cc(C)c(C)c(S(=O)(=O)Nc2cnn(Cc3ccccc3F)c2)c1C. The largest absolute Gasteiger partial charge is 0.276 e. The van der Waals surface area contributed by atoms with Gasteiger partial charge in [-0.25, -0.2) is 12.8 Å². The van der Waals surface area contributed by atoms with Crippen molar-refractivity contribution in [3.8, 4) is 0 Å². The monoisotopic (exact) mass is 387 g/mol. The molecule has 3 rings (SSSR count). The number of aryl methyl sites for hydroxylation is 2. The van der Waals surface area contributed by atoms with Gasteiger partial charge in [0.1, 0.15) is 5.82 Å². The summed E-state index contributed by atoms with van der Waals surface area (Å²) in [6.07, 6.45) is 2.98. The molecule has 3 aromatic rings. The van der Waals surface area contributed by atoms with Gasteiger partial charge in [0.25, 0.3) is 10.0 Å². The van der Waals surface area contributed by atoms with Gasteiger partial charge in [-0.2, -0.15) is 5.10 Å². The maximum atomic E-state index is 13.8. The van der Waals surface area contributed by atoms with Gasteiger partial charge in [0, 0.05) is 11.8 Å². The van der Waals surface area contributed by atoms with Gasteiger partial charge in [-0.3, -0.25) is 9.40 Å². The molecule has 1 heterocycles. The van der Waals surface area contributed by atoms with Gasteiger partial charge in [0.05, 0.1) is 23.3 Å². The van der Waals surface area contributed by atoms with Gasteiger partial charge in [-0.1, -0.05) is 24.3 Å². The Bertz CT molecular complexity index is 1080. The third kappa shape index (κ3) is 3.88. The Morgan fingerprint density at radius 1 is 1.07 bits per heavy atom. The number of hydrogen-bond donors (Lipinski definition) is 1. The third-order valence-corrected chi connectivity index (χ3v) is 6.40. The summed E-state index contributed by atoms with van der Waals surface area (Å²) < 4.78 is 43.8. The molecule has 142 valence electrons. The molecule has 0 spiro atoms. The molecule has 0 radical (unpaired) electrons. The van der Waals surface area contributed by atoms with Crippen LogP contribution < -0.4 is 4.72 Å². The van der Waals surface area contributed by atoms with Crippen molar-refractivity contribution in [2.24, 2.45) is 0 Å². The molecule has 0 aliphatic rings. The average Bonchev–Trinajstić information content (AvgIpc) is 3.01. The minimum atomic E-state index is -3.76. The highest BCUT2D eigenvalue weighted by Gasteiger charge is 2.22. The van der Waals surface area contributed by atoms with Crippen molar-refractivity contribution in [1.29, 1.82) is 0 Å². The van der Waals surface area contributed by atoms with Crippen LogP contribution in [0.25, 0.3) is 0 Å². The number of sulfonamides is 1. The number of halogens is 1. The van der Waals surface area contributed by atoms with E-state index >= 15 is 0 Å². The van der Waals surface area contributed by atoms with E-state index in [4.69, 9.17) is 0 Å². The molecule has 0 amide bonds. The molecular weight excluding hydrogens is 365 g/mol. The van der Waals surface area contributed by atoms with E-state index in [0.29, 0.717) is 16.1 Å². The first-order valence-electron chi connectivity index (χ1n) is 8.55. The van der Waals surface area contributed by atoms with Crippen molar-refractivity contribution in [2.75, 3.05) is 4.72 Å². The van der Waals surface area contributed by atoms with Crippen LogP contribution in [0.3, 0.4) is 0 Å². The van der Waals surface area contributed by atoms with Gasteiger partial charge in [-0.05, 0) is 56.0 Å². The molecule has 7 heteroatoms. The Kier molecular flexibility index (Phi) is 5.06. The lowest BCUT2D eigenvalue weighted by Crippen LogP contribution is -2.16. The zero-order valence-electron chi connectivity index (χ0n) is 15.7. The molecule has 0 fully saturated rings. The van der Waals surface area contributed by atoms with Gasteiger partial charge in [0.15, 0.2) is 0 Å². The van der Waals surface area contributed by atoms with E-state index in [0.717, 1.165) is 22.3 Å². The summed E-state index contributed by atoms with van der Waals surface area (Å²) in [6, 6.07) is 8.40. The number of aromatic nitrogens is 2. The molecule has 27 heavy (non-hydrogen) atoms. The molecular formula is C20H22FN3O2S. The fraction of sp³-hybridized carbons (Fsp3) is 0.250. The lowest BCUT2D eigenvalue weighted by Gasteiger charge is -2.16. The Morgan fingerprint density at radius 3 is 2.33 bits per heavy atom. The molecule has 0 saturated heterocycles. The van der Waals surface area contributed by atoms with Crippen LogP contribution in [0.4, 0.5) is 10.1 Å². The summed E-state index contributed by atoms with van der Waals surface area (Å²) in [5, 5.41) is 4.13. The van der Waals surface area contributed by atoms with Crippen molar-refractivity contribution in [1.82, 2.24) is 9.78 Å². The van der Waals surface area contributed by atoms with E-state index in [9.17, 15) is 12.8 Å². The maximum absolute atomic E-state index is 13.8. The van der Waals surface area contributed by atoms with E-state index in [1.807, 2.05) is 19.9 Å². The molecule has 0 aliphatic carbocycles. The lowest BCUT2D eigenvalue weighted by molar-refractivity contribution is 0.585. The van der Waals surface area contributed by atoms with Gasteiger partial charge in [0.2, 0.25) is 0 Å². The van der Waals surface area contributed by atoms with E-state index < -0.39 is 10.0 Å². The molecule has 1 aromatic heterocycles. The number of nitrogens with one attached hydrogen (secondary N) is 1. The summed E-state index contributed by atoms with van der Waals surface area (Å²) in [5.41, 5.74) is 4.12. The molecule has 2 aromatic carbocycles. The number of anilines is 1. The predicted molar refractivity (Wildman–Crippen MR) is 104 cm³/mol. The fourth-order valence-electron chi connectivity index (χ4n) is 3.09. The van der Waals surface area contributed by atoms with Gasteiger partial charge < -0.3 is 0 Å². The van der Waals surface area contributed by atoms with Crippen LogP contribution in [0.5, 0.6) is 0 Å². The highest BCUT2D eigenvalue weighted by atomic mass is 32.2. The Balaban J connectivity index is 1.88. The average molecular weight is 387 g/mol. The number of nitrogens with zero attached hydrogens (tertiary/aromatic N) is 2. The third-order valence-electron chi connectivity index (χ3n) is 4.74. The Labute approximate surface area is 158 Å². The summed E-state index contributed by atoms with van der Waals surface area (Å²) in [4.78, 5) is 0.293. The zero-order chi connectivity index (χ0) is 19.8. The zero-order valence-corrected chi connectivity index (χ0v) is 16.6. The second kappa shape index (κ2) is 7.15. The second-order valence-electron chi connectivity index (χ2n) is 6.71. The molecule has 0 unspecified atom stereocenters. The first-order chi connectivity index (χ1) is 12.7. The van der Waals surface area contributed by atoms with Crippen LogP contribution in [-0.4, -0.2) is 18.2 Å². The summed E-state index contributed by atoms with van der Waals surface area (Å²) in [5.74, 6) is -0.323. The van der Waals surface area contributed by atoms with Crippen LogP contribution in [0.1, 0.15) is 27.8 Å². The first kappa shape index (κ1) is 19.1. The summed E-state index contributed by atoms with van der Waals surface area (Å²) in [7, 11) is -3.76. The molecule has 1 N–H and O–H groups in total. The Hall–Kier alpha value is -2.67. The molecule has 0 atom stereocenters. The minimum absolute atomic E-state index is 0.218. The van der Waals surface area contributed by atoms with E-state index in [1.54, 1.807) is 38.2 Å². The maximum Gasteiger partial charge on any atom is 0.262 e. The second-order valence-corrected chi connectivity index (χ2v) is 8.33. The summed E-state index contributed by atoms with van der Waals surface area (Å²) >= 11 is 0. The van der Waals surface area contributed by atoms with Crippen molar-refractivity contribution in [3.63, 3.8) is 0 Å². The lowest BCUT2D eigenvalue weighted by atomic mass is 10.0. The van der Waals surface area contributed by atoms with Gasteiger partial charge >= 0.3 is 0 Å². The van der Waals surface area contributed by atoms with Crippen molar-refractivity contribution >= 4 is 15.7 Å². The molecule has 5 nitrogen and oxygen atoms in total. The predicted octanol–water partition coefficient (Wildman–Crippen LogP) is 4.10. The van der Waals surface area contributed by atoms with Crippen LogP contribution in [0.2, 0.25) is 0 Å². The van der Waals surface area contributed by atoms with Crippen molar-refractivity contribution in [3.05, 3.63) is 76.4 Å². The smallest absolute Gasteiger partial charge is 0.262 e. The van der Waals surface area contributed by atoms with Crippen LogP contribution >= 0.6 is 0 Å². The quantitative estimate of drug-likeness (QED) is 0.717. The van der Waals surface area contributed by atoms with E-state index in [2.05, 4.69) is 9.82 Å². The van der Waals surface area contributed by atoms with Crippen LogP contribution in [0.15, 0.2) is 47.6 Å². The minimum Gasteiger partial charge on any atom is -0.276 e. The highest BCUT2D eigenvalue weighted by molar-refractivity contribution is 7.92. The van der Waals surface area contributed by atoms with E-state index in [-0.39, 0.29) is 12.4 Å². The number of rotatable bonds is 5. The molecule has 0 bridgehead atoms. The van der Waals surface area contributed by atoms with E-state index in [1.165, 1.54) is 16.9 Å². The number of hydrogen-bond acceptors (Lipinski definition) is 3.